The van der Waals surface area contributed by atoms with Crippen molar-refractivity contribution < 1.29 is 23.6 Å². The van der Waals surface area contributed by atoms with Crippen molar-refractivity contribution in [2.24, 2.45) is 5.92 Å². The Labute approximate surface area is 154 Å². The van der Waals surface area contributed by atoms with E-state index < -0.39 is 5.97 Å². The number of carboxylic acids is 1. The predicted octanol–water partition coefficient (Wildman–Crippen LogP) is 3.18. The van der Waals surface area contributed by atoms with Gasteiger partial charge in [-0.25, -0.2) is 9.37 Å². The number of aromatic nitrogens is 2. The highest BCUT2D eigenvalue weighted by molar-refractivity contribution is 6.07. The number of nitrogens with one attached hydrogen (secondary N) is 1. The molecule has 1 amide bonds. The maximum absolute atomic E-state index is 13.2. The topological polar surface area (TPSA) is 105 Å². The highest BCUT2D eigenvalue weighted by Gasteiger charge is 2.20. The number of carbonyl (C=O) groups is 2. The summed E-state index contributed by atoms with van der Waals surface area (Å²) in [4.78, 5) is 27.9. The van der Waals surface area contributed by atoms with Crippen LogP contribution in [-0.4, -0.2) is 33.7 Å². The summed E-state index contributed by atoms with van der Waals surface area (Å²) in [5.74, 6) is -1.89. The Morgan fingerprint density at radius 2 is 2.00 bits per heavy atom. The lowest BCUT2D eigenvalue weighted by atomic mass is 10.0. The number of pyridine rings is 1. The van der Waals surface area contributed by atoms with Crippen LogP contribution in [0.1, 0.15) is 29.4 Å². The maximum Gasteiger partial charge on any atom is 0.303 e. The van der Waals surface area contributed by atoms with Gasteiger partial charge in [-0.2, -0.15) is 0 Å². The summed E-state index contributed by atoms with van der Waals surface area (Å²) in [7, 11) is 0. The third-order valence-corrected chi connectivity index (χ3v) is 4.14. The molecule has 7 nitrogen and oxygen atoms in total. The first-order valence-corrected chi connectivity index (χ1v) is 8.38. The molecule has 1 aromatic carbocycles. The van der Waals surface area contributed by atoms with Crippen LogP contribution in [0.15, 0.2) is 34.9 Å². The molecule has 0 aliphatic rings. The molecule has 2 aromatic heterocycles. The molecule has 2 N–H and O–H groups in total. The number of hydrogen-bond donors (Lipinski definition) is 2. The number of nitrogens with zero attached hydrogens (tertiary/aromatic N) is 2. The van der Waals surface area contributed by atoms with Crippen molar-refractivity contribution in [1.29, 1.82) is 0 Å². The number of fused-ring (bicyclic) bond motifs is 1. The Morgan fingerprint density at radius 3 is 2.67 bits per heavy atom. The van der Waals surface area contributed by atoms with E-state index in [2.05, 4.69) is 15.5 Å². The number of aliphatic carboxylic acids is 1. The minimum Gasteiger partial charge on any atom is -0.481 e. The molecule has 0 spiro atoms. The lowest BCUT2D eigenvalue weighted by molar-refractivity contribution is -0.137. The Bertz CT molecular complexity index is 998. The van der Waals surface area contributed by atoms with Crippen LogP contribution in [0.4, 0.5) is 4.39 Å². The molecular formula is C19H18FN3O4. The maximum atomic E-state index is 13.2. The highest BCUT2D eigenvalue weighted by atomic mass is 19.1. The number of rotatable bonds is 6. The van der Waals surface area contributed by atoms with Crippen LogP contribution in [0.3, 0.4) is 0 Å². The van der Waals surface area contributed by atoms with Crippen LogP contribution in [-0.2, 0) is 4.79 Å². The van der Waals surface area contributed by atoms with Crippen molar-refractivity contribution in [3.05, 3.63) is 47.4 Å². The first-order chi connectivity index (χ1) is 12.8. The van der Waals surface area contributed by atoms with Gasteiger partial charge < -0.3 is 14.9 Å². The van der Waals surface area contributed by atoms with E-state index in [1.807, 2.05) is 0 Å². The summed E-state index contributed by atoms with van der Waals surface area (Å²) in [5.41, 5.74) is 2.12. The van der Waals surface area contributed by atoms with Gasteiger partial charge in [-0.1, -0.05) is 12.1 Å². The van der Waals surface area contributed by atoms with Crippen molar-refractivity contribution in [3.63, 3.8) is 0 Å². The van der Waals surface area contributed by atoms with E-state index in [9.17, 15) is 14.0 Å². The van der Waals surface area contributed by atoms with Crippen LogP contribution >= 0.6 is 0 Å². The van der Waals surface area contributed by atoms with E-state index in [1.165, 1.54) is 12.1 Å². The standard InChI is InChI=1S/C19H18FN3O4/c1-10(7-16(24)25)9-21-18(26)14-8-15(12-3-5-13(20)6-4-12)22-19-17(14)11(2)23-27-19/h3-6,8,10H,7,9H2,1-2H3,(H,21,26)(H,24,25). The fraction of sp³-hybridized carbons (Fsp3) is 0.263. The van der Waals surface area contributed by atoms with Gasteiger partial charge in [-0.15, -0.1) is 0 Å². The molecule has 2 heterocycles. The Balaban J connectivity index is 1.95. The fourth-order valence-corrected chi connectivity index (χ4v) is 2.77. The Morgan fingerprint density at radius 1 is 1.30 bits per heavy atom. The Kier molecular flexibility index (Phi) is 5.16. The summed E-state index contributed by atoms with van der Waals surface area (Å²) in [6, 6.07) is 7.32. The average Bonchev–Trinajstić information content (AvgIpc) is 3.00. The first-order valence-electron chi connectivity index (χ1n) is 8.38. The van der Waals surface area contributed by atoms with Gasteiger partial charge in [0.1, 0.15) is 5.82 Å². The number of hydrogen-bond acceptors (Lipinski definition) is 5. The summed E-state index contributed by atoms with van der Waals surface area (Å²) < 4.78 is 18.4. The molecule has 0 saturated heterocycles. The van der Waals surface area contributed by atoms with Gasteiger partial charge >= 0.3 is 5.97 Å². The van der Waals surface area contributed by atoms with E-state index in [1.54, 1.807) is 32.0 Å². The Hall–Kier alpha value is -3.29. The average molecular weight is 371 g/mol. The molecule has 8 heteroatoms. The van der Waals surface area contributed by atoms with Gasteiger partial charge in [0.05, 0.1) is 22.3 Å². The number of aryl methyl sites for hydroxylation is 1. The lowest BCUT2D eigenvalue weighted by Gasteiger charge is -2.11. The molecule has 0 fully saturated rings. The molecule has 27 heavy (non-hydrogen) atoms. The second-order valence-corrected chi connectivity index (χ2v) is 6.42. The SMILES string of the molecule is Cc1noc2nc(-c3ccc(F)cc3)cc(C(=O)NCC(C)CC(=O)O)c12. The second-order valence-electron chi connectivity index (χ2n) is 6.42. The highest BCUT2D eigenvalue weighted by Crippen LogP contribution is 2.27. The third kappa shape index (κ3) is 4.11. The van der Waals surface area contributed by atoms with Gasteiger partial charge in [-0.3, -0.25) is 9.59 Å². The monoisotopic (exact) mass is 371 g/mol. The minimum absolute atomic E-state index is 0.0425. The van der Waals surface area contributed by atoms with Crippen molar-refractivity contribution in [1.82, 2.24) is 15.5 Å². The van der Waals surface area contributed by atoms with Crippen LogP contribution < -0.4 is 5.32 Å². The molecule has 1 atom stereocenters. The molecular weight excluding hydrogens is 353 g/mol. The molecule has 0 bridgehead atoms. The van der Waals surface area contributed by atoms with Crippen molar-refractivity contribution in [2.45, 2.75) is 20.3 Å². The van der Waals surface area contributed by atoms with E-state index >= 15 is 0 Å². The fourth-order valence-electron chi connectivity index (χ4n) is 2.77. The predicted molar refractivity (Wildman–Crippen MR) is 95.7 cm³/mol. The smallest absolute Gasteiger partial charge is 0.303 e. The van der Waals surface area contributed by atoms with E-state index in [0.29, 0.717) is 27.9 Å². The summed E-state index contributed by atoms with van der Waals surface area (Å²) >= 11 is 0. The molecule has 1 unspecified atom stereocenters. The molecule has 0 radical (unpaired) electrons. The molecule has 0 saturated carbocycles. The third-order valence-electron chi connectivity index (χ3n) is 4.14. The zero-order valence-corrected chi connectivity index (χ0v) is 14.8. The molecule has 3 rings (SSSR count). The number of benzene rings is 1. The van der Waals surface area contributed by atoms with Crippen LogP contribution in [0.2, 0.25) is 0 Å². The number of carbonyl (C=O) groups excluding carboxylic acids is 1. The number of halogens is 1. The second kappa shape index (κ2) is 7.53. The normalized spacial score (nSPS) is 12.1. The molecule has 140 valence electrons. The largest absolute Gasteiger partial charge is 0.481 e. The van der Waals surface area contributed by atoms with Crippen LogP contribution in [0.5, 0.6) is 0 Å². The zero-order chi connectivity index (χ0) is 19.6. The number of carboxylic acid groups (broad SMARTS) is 1. The van der Waals surface area contributed by atoms with Crippen molar-refractivity contribution in [3.8, 4) is 11.3 Å². The van der Waals surface area contributed by atoms with E-state index in [4.69, 9.17) is 9.63 Å². The van der Waals surface area contributed by atoms with Crippen molar-refractivity contribution in [2.75, 3.05) is 6.54 Å². The first kappa shape index (κ1) is 18.5. The number of amides is 1. The van der Waals surface area contributed by atoms with Gasteiger partial charge in [-0.05, 0) is 43.2 Å². The molecule has 0 aliphatic carbocycles. The zero-order valence-electron chi connectivity index (χ0n) is 14.8. The van der Waals surface area contributed by atoms with Crippen molar-refractivity contribution >= 4 is 23.0 Å². The summed E-state index contributed by atoms with van der Waals surface area (Å²) in [5, 5.41) is 15.9. The van der Waals surface area contributed by atoms with E-state index in [0.717, 1.165) is 0 Å². The van der Waals surface area contributed by atoms with Gasteiger partial charge in [0.25, 0.3) is 11.6 Å². The summed E-state index contributed by atoms with van der Waals surface area (Å²) in [6.07, 6.45) is -0.0425. The van der Waals surface area contributed by atoms with Crippen LogP contribution in [0.25, 0.3) is 22.4 Å². The van der Waals surface area contributed by atoms with Gasteiger partial charge in [0, 0.05) is 18.5 Å². The minimum atomic E-state index is -0.920. The quantitative estimate of drug-likeness (QED) is 0.689. The molecule has 3 aromatic rings. The van der Waals surface area contributed by atoms with Crippen LogP contribution in [0, 0.1) is 18.7 Å². The summed E-state index contributed by atoms with van der Waals surface area (Å²) in [6.45, 7) is 3.66. The van der Waals surface area contributed by atoms with Gasteiger partial charge in [0.2, 0.25) is 0 Å². The van der Waals surface area contributed by atoms with Gasteiger partial charge in [0.15, 0.2) is 0 Å². The lowest BCUT2D eigenvalue weighted by Crippen LogP contribution is -2.29. The molecule has 0 aliphatic heterocycles. The van der Waals surface area contributed by atoms with E-state index in [-0.39, 0.29) is 36.3 Å².